The van der Waals surface area contributed by atoms with Crippen LogP contribution >= 0.6 is 11.3 Å². The average molecular weight is 343 g/mol. The maximum absolute atomic E-state index is 4.88. The molecule has 5 rings (SSSR count). The Morgan fingerprint density at radius 3 is 2.68 bits per heavy atom. The zero-order valence-corrected chi connectivity index (χ0v) is 14.1. The maximum Gasteiger partial charge on any atom is 0.125 e. The van der Waals surface area contributed by atoms with Gasteiger partial charge in [0.05, 0.1) is 16.3 Å². The van der Waals surface area contributed by atoms with E-state index in [9.17, 15) is 0 Å². The number of fused-ring (bicyclic) bond motifs is 3. The van der Waals surface area contributed by atoms with Gasteiger partial charge in [-0.1, -0.05) is 6.07 Å². The minimum Gasteiger partial charge on any atom is -0.264 e. The normalized spacial score (nSPS) is 12.5. The molecule has 0 spiro atoms. The molecule has 5 nitrogen and oxygen atoms in total. The number of pyridine rings is 2. The summed E-state index contributed by atoms with van der Waals surface area (Å²) in [7, 11) is 0. The van der Waals surface area contributed by atoms with Crippen molar-refractivity contribution in [2.24, 2.45) is 0 Å². The van der Waals surface area contributed by atoms with Crippen LogP contribution in [0.5, 0.6) is 0 Å². The Balaban J connectivity index is 1.58. The number of hydrogen-bond acceptors (Lipinski definition) is 6. The molecule has 0 aliphatic heterocycles. The van der Waals surface area contributed by atoms with Crippen LogP contribution in [0.15, 0.2) is 55.1 Å². The minimum atomic E-state index is 0.905. The van der Waals surface area contributed by atoms with Crippen molar-refractivity contribution in [1.82, 2.24) is 25.1 Å². The first-order valence-electron chi connectivity index (χ1n) is 8.06. The zero-order chi connectivity index (χ0) is 16.6. The van der Waals surface area contributed by atoms with Crippen LogP contribution in [-0.2, 0) is 12.8 Å². The van der Waals surface area contributed by atoms with E-state index < -0.39 is 0 Å². The van der Waals surface area contributed by atoms with Gasteiger partial charge in [0.25, 0.3) is 0 Å². The molecule has 0 saturated carbocycles. The molecule has 0 bridgehead atoms. The third-order valence-corrected chi connectivity index (χ3v) is 5.41. The molecule has 0 radical (unpaired) electrons. The SMILES string of the molecule is c1cncc(-c2ncc(-c3ccc4c(n3)-c3nnccc3CC4)s2)c1. The molecule has 4 aromatic heterocycles. The van der Waals surface area contributed by atoms with E-state index in [0.717, 1.165) is 45.4 Å². The molecule has 6 heteroatoms. The molecule has 0 saturated heterocycles. The number of aryl methyl sites for hydroxylation is 2. The molecule has 0 fully saturated rings. The summed E-state index contributed by atoms with van der Waals surface area (Å²) in [6.45, 7) is 0. The first-order valence-corrected chi connectivity index (χ1v) is 8.87. The molecule has 0 N–H and O–H groups in total. The highest BCUT2D eigenvalue weighted by Gasteiger charge is 2.20. The van der Waals surface area contributed by atoms with Crippen molar-refractivity contribution in [2.75, 3.05) is 0 Å². The fourth-order valence-corrected chi connectivity index (χ4v) is 3.95. The Bertz CT molecular complexity index is 1060. The summed E-state index contributed by atoms with van der Waals surface area (Å²) >= 11 is 1.62. The predicted molar refractivity (Wildman–Crippen MR) is 97.0 cm³/mol. The summed E-state index contributed by atoms with van der Waals surface area (Å²) in [5, 5.41) is 9.30. The Kier molecular flexibility index (Phi) is 3.34. The lowest BCUT2D eigenvalue weighted by Crippen LogP contribution is -2.08. The van der Waals surface area contributed by atoms with Crippen LogP contribution in [0.1, 0.15) is 11.1 Å². The molecule has 0 unspecified atom stereocenters. The number of nitrogens with zero attached hydrogens (tertiary/aromatic N) is 5. The fraction of sp³-hybridized carbons (Fsp3) is 0.105. The summed E-state index contributed by atoms with van der Waals surface area (Å²) in [6.07, 6.45) is 9.20. The molecule has 0 aromatic carbocycles. The first-order chi connectivity index (χ1) is 12.4. The number of aromatic nitrogens is 5. The van der Waals surface area contributed by atoms with Crippen molar-refractivity contribution in [2.45, 2.75) is 12.8 Å². The monoisotopic (exact) mass is 343 g/mol. The topological polar surface area (TPSA) is 64.5 Å². The van der Waals surface area contributed by atoms with E-state index in [4.69, 9.17) is 4.98 Å². The van der Waals surface area contributed by atoms with E-state index in [-0.39, 0.29) is 0 Å². The van der Waals surface area contributed by atoms with E-state index in [1.165, 1.54) is 11.1 Å². The highest BCUT2D eigenvalue weighted by atomic mass is 32.1. The van der Waals surface area contributed by atoms with Gasteiger partial charge in [0.2, 0.25) is 0 Å². The van der Waals surface area contributed by atoms with Crippen molar-refractivity contribution in [3.63, 3.8) is 0 Å². The van der Waals surface area contributed by atoms with Crippen molar-refractivity contribution >= 4 is 11.3 Å². The molecular weight excluding hydrogens is 330 g/mol. The second-order valence-electron chi connectivity index (χ2n) is 5.88. The van der Waals surface area contributed by atoms with E-state index in [1.54, 1.807) is 23.7 Å². The van der Waals surface area contributed by atoms with Crippen molar-refractivity contribution < 1.29 is 0 Å². The first kappa shape index (κ1) is 14.4. The summed E-state index contributed by atoms with van der Waals surface area (Å²) in [5.74, 6) is 0. The van der Waals surface area contributed by atoms with Crippen LogP contribution in [-0.4, -0.2) is 25.1 Å². The van der Waals surface area contributed by atoms with Gasteiger partial charge in [-0.05, 0) is 48.2 Å². The summed E-state index contributed by atoms with van der Waals surface area (Å²) in [4.78, 5) is 14.6. The Hall–Kier alpha value is -2.99. The van der Waals surface area contributed by atoms with Gasteiger partial charge in [0, 0.05) is 30.4 Å². The molecule has 120 valence electrons. The Morgan fingerprint density at radius 2 is 1.80 bits per heavy atom. The lowest BCUT2D eigenvalue weighted by atomic mass is 9.93. The molecule has 4 heterocycles. The molecule has 25 heavy (non-hydrogen) atoms. The molecular formula is C19H13N5S. The van der Waals surface area contributed by atoms with Crippen LogP contribution in [0.4, 0.5) is 0 Å². The Morgan fingerprint density at radius 1 is 0.880 bits per heavy atom. The van der Waals surface area contributed by atoms with Crippen molar-refractivity contribution in [3.8, 4) is 32.5 Å². The maximum atomic E-state index is 4.88. The lowest BCUT2D eigenvalue weighted by Gasteiger charge is -2.17. The summed E-state index contributed by atoms with van der Waals surface area (Å²) < 4.78 is 0. The van der Waals surface area contributed by atoms with Crippen molar-refractivity contribution in [1.29, 1.82) is 0 Å². The third-order valence-electron chi connectivity index (χ3n) is 4.34. The molecule has 0 atom stereocenters. The zero-order valence-electron chi connectivity index (χ0n) is 13.3. The van der Waals surface area contributed by atoms with Crippen molar-refractivity contribution in [3.05, 3.63) is 66.2 Å². The predicted octanol–water partition coefficient (Wildman–Crippen LogP) is 3.82. The molecule has 4 aromatic rings. The average Bonchev–Trinajstić information content (AvgIpc) is 3.18. The van der Waals surface area contributed by atoms with Crippen LogP contribution in [0.2, 0.25) is 0 Å². The minimum absolute atomic E-state index is 0.905. The highest BCUT2D eigenvalue weighted by Crippen LogP contribution is 2.35. The Labute approximate surface area is 148 Å². The van der Waals surface area contributed by atoms with Crippen LogP contribution in [0, 0.1) is 0 Å². The summed E-state index contributed by atoms with van der Waals surface area (Å²) in [5.41, 5.74) is 6.24. The van der Waals surface area contributed by atoms with Gasteiger partial charge in [-0.15, -0.1) is 16.4 Å². The van der Waals surface area contributed by atoms with E-state index >= 15 is 0 Å². The smallest absolute Gasteiger partial charge is 0.125 e. The van der Waals surface area contributed by atoms with E-state index in [0.29, 0.717) is 0 Å². The number of hydrogen-bond donors (Lipinski definition) is 0. The fourth-order valence-electron chi connectivity index (χ4n) is 3.08. The number of thiazole rings is 1. The molecule has 1 aliphatic carbocycles. The number of rotatable bonds is 2. The van der Waals surface area contributed by atoms with E-state index in [2.05, 4.69) is 32.3 Å². The van der Waals surface area contributed by atoms with Gasteiger partial charge in [0.1, 0.15) is 10.7 Å². The second-order valence-corrected chi connectivity index (χ2v) is 6.91. The van der Waals surface area contributed by atoms with E-state index in [1.807, 2.05) is 30.6 Å². The van der Waals surface area contributed by atoms with Gasteiger partial charge < -0.3 is 0 Å². The van der Waals surface area contributed by atoms with Gasteiger partial charge in [-0.3, -0.25) is 4.98 Å². The van der Waals surface area contributed by atoms with Gasteiger partial charge in [-0.25, -0.2) is 9.97 Å². The van der Waals surface area contributed by atoms with Gasteiger partial charge >= 0.3 is 0 Å². The second kappa shape index (κ2) is 5.82. The lowest BCUT2D eigenvalue weighted by molar-refractivity contribution is 0.883. The van der Waals surface area contributed by atoms with Crippen LogP contribution < -0.4 is 0 Å². The van der Waals surface area contributed by atoms with Crippen LogP contribution in [0.25, 0.3) is 32.5 Å². The highest BCUT2D eigenvalue weighted by molar-refractivity contribution is 7.18. The molecule has 1 aliphatic rings. The summed E-state index contributed by atoms with van der Waals surface area (Å²) in [6, 6.07) is 10.2. The largest absolute Gasteiger partial charge is 0.264 e. The van der Waals surface area contributed by atoms with Gasteiger partial charge in [0.15, 0.2) is 0 Å². The van der Waals surface area contributed by atoms with Crippen LogP contribution in [0.3, 0.4) is 0 Å². The standard InChI is InChI=1S/C19H13N5S/c1-2-14(10-20-8-1)19-21-11-16(25-19)15-6-5-12-3-4-13-7-9-22-24-18(13)17(12)23-15/h1-2,5-11H,3-4H2. The quantitative estimate of drug-likeness (QED) is 0.553. The molecule has 0 amide bonds. The third kappa shape index (κ3) is 2.51. The van der Waals surface area contributed by atoms with Gasteiger partial charge in [-0.2, -0.15) is 5.10 Å².